The molecule has 0 amide bonds. The first kappa shape index (κ1) is 14.4. The molecule has 20 heavy (non-hydrogen) atoms. The Balaban J connectivity index is 1.83. The minimum Gasteiger partial charge on any atom is -0.492 e. The summed E-state index contributed by atoms with van der Waals surface area (Å²) < 4.78 is 28.7. The third kappa shape index (κ3) is 2.91. The maximum Gasteiger partial charge on any atom is 0.151 e. The Labute approximate surface area is 128 Å². The van der Waals surface area contributed by atoms with Crippen molar-refractivity contribution < 1.29 is 13.2 Å². The van der Waals surface area contributed by atoms with Crippen molar-refractivity contribution in [2.45, 2.75) is 24.9 Å². The van der Waals surface area contributed by atoms with Crippen LogP contribution in [-0.4, -0.2) is 32.6 Å². The van der Waals surface area contributed by atoms with E-state index < -0.39 is 9.84 Å². The van der Waals surface area contributed by atoms with Gasteiger partial charge in [0, 0.05) is 29.1 Å². The molecule has 1 fully saturated rings. The number of sulfone groups is 1. The summed E-state index contributed by atoms with van der Waals surface area (Å²) in [7, 11) is -2.89. The third-order valence-electron chi connectivity index (χ3n) is 3.73. The zero-order chi connectivity index (χ0) is 14.3. The zero-order valence-corrected chi connectivity index (χ0v) is 13.1. The summed E-state index contributed by atoms with van der Waals surface area (Å²) in [6, 6.07) is 3.52. The van der Waals surface area contributed by atoms with Crippen molar-refractivity contribution in [1.29, 1.82) is 0 Å². The van der Waals surface area contributed by atoms with Crippen molar-refractivity contribution in [1.82, 2.24) is 5.32 Å². The smallest absolute Gasteiger partial charge is 0.151 e. The Morgan fingerprint density at radius 2 is 2.05 bits per heavy atom. The molecule has 2 aliphatic rings. The zero-order valence-electron chi connectivity index (χ0n) is 10.7. The second kappa shape index (κ2) is 5.37. The Kier molecular flexibility index (Phi) is 3.88. The molecule has 0 aromatic heterocycles. The van der Waals surface area contributed by atoms with Gasteiger partial charge >= 0.3 is 0 Å². The van der Waals surface area contributed by atoms with Crippen LogP contribution >= 0.6 is 23.2 Å². The van der Waals surface area contributed by atoms with Crippen LogP contribution in [0, 0.1) is 0 Å². The van der Waals surface area contributed by atoms with Gasteiger partial charge in [0.25, 0.3) is 0 Å². The van der Waals surface area contributed by atoms with Crippen LogP contribution in [0.15, 0.2) is 12.1 Å². The first-order chi connectivity index (χ1) is 9.44. The number of rotatable bonds is 2. The summed E-state index contributed by atoms with van der Waals surface area (Å²) >= 11 is 12.2. The van der Waals surface area contributed by atoms with Crippen molar-refractivity contribution in [2.24, 2.45) is 0 Å². The number of benzene rings is 1. The van der Waals surface area contributed by atoms with E-state index in [4.69, 9.17) is 27.9 Å². The third-order valence-corrected chi connectivity index (χ3v) is 6.00. The van der Waals surface area contributed by atoms with Gasteiger partial charge in [0.15, 0.2) is 9.84 Å². The van der Waals surface area contributed by atoms with Crippen molar-refractivity contribution in [2.75, 3.05) is 18.1 Å². The molecule has 1 aromatic rings. The Morgan fingerprint density at radius 3 is 2.75 bits per heavy atom. The molecule has 110 valence electrons. The Hall–Kier alpha value is -0.490. The predicted octanol–water partition coefficient (Wildman–Crippen LogP) is 2.59. The van der Waals surface area contributed by atoms with Crippen molar-refractivity contribution in [3.05, 3.63) is 27.7 Å². The molecule has 2 aliphatic heterocycles. The van der Waals surface area contributed by atoms with E-state index >= 15 is 0 Å². The molecule has 2 atom stereocenters. The average Bonchev–Trinajstić information content (AvgIpc) is 2.70. The van der Waals surface area contributed by atoms with Gasteiger partial charge in [-0.3, -0.25) is 0 Å². The van der Waals surface area contributed by atoms with Crippen molar-refractivity contribution in [3.63, 3.8) is 0 Å². The fraction of sp³-hybridized carbons (Fsp3) is 0.538. The van der Waals surface area contributed by atoms with Gasteiger partial charge in [-0.25, -0.2) is 8.42 Å². The SMILES string of the molecule is O=S1(=O)CCC(NC2CCOc3c(Cl)cc(Cl)cc32)C1. The largest absolute Gasteiger partial charge is 0.492 e. The quantitative estimate of drug-likeness (QED) is 0.902. The van der Waals surface area contributed by atoms with Gasteiger partial charge in [0.2, 0.25) is 0 Å². The molecule has 2 unspecified atom stereocenters. The molecule has 0 bridgehead atoms. The van der Waals surface area contributed by atoms with E-state index in [1.165, 1.54) is 0 Å². The van der Waals surface area contributed by atoms with E-state index in [-0.39, 0.29) is 23.6 Å². The first-order valence-electron chi connectivity index (χ1n) is 6.53. The molecule has 2 heterocycles. The lowest BCUT2D eigenvalue weighted by Crippen LogP contribution is -2.36. The highest BCUT2D eigenvalue weighted by atomic mass is 35.5. The molecule has 0 saturated carbocycles. The van der Waals surface area contributed by atoms with Gasteiger partial charge in [-0.1, -0.05) is 23.2 Å². The molecule has 7 heteroatoms. The van der Waals surface area contributed by atoms with Crippen LogP contribution in [0.25, 0.3) is 0 Å². The molecule has 3 rings (SSSR count). The van der Waals surface area contributed by atoms with Gasteiger partial charge in [0.1, 0.15) is 5.75 Å². The van der Waals surface area contributed by atoms with E-state index in [0.717, 1.165) is 12.0 Å². The standard InChI is InChI=1S/C13H15Cl2NO3S/c14-8-5-10-12(1-3-19-13(10)11(15)6-8)16-9-2-4-20(17,18)7-9/h5-6,9,12,16H,1-4,7H2. The molecule has 1 saturated heterocycles. The second-order valence-electron chi connectivity index (χ2n) is 5.26. The van der Waals surface area contributed by atoms with Crippen LogP contribution < -0.4 is 10.1 Å². The molecule has 0 radical (unpaired) electrons. The van der Waals surface area contributed by atoms with E-state index in [0.29, 0.717) is 28.8 Å². The topological polar surface area (TPSA) is 55.4 Å². The summed E-state index contributed by atoms with van der Waals surface area (Å²) in [4.78, 5) is 0. The number of nitrogens with one attached hydrogen (secondary N) is 1. The molecule has 0 aliphatic carbocycles. The summed E-state index contributed by atoms with van der Waals surface area (Å²) in [5.74, 6) is 1.12. The van der Waals surface area contributed by atoms with Gasteiger partial charge in [-0.05, 0) is 18.6 Å². The molecular weight excluding hydrogens is 321 g/mol. The summed E-state index contributed by atoms with van der Waals surface area (Å²) in [6.07, 6.45) is 1.43. The number of hydrogen-bond acceptors (Lipinski definition) is 4. The highest BCUT2D eigenvalue weighted by Gasteiger charge is 2.32. The van der Waals surface area contributed by atoms with Crippen LogP contribution in [-0.2, 0) is 9.84 Å². The van der Waals surface area contributed by atoms with Gasteiger partial charge < -0.3 is 10.1 Å². The lowest BCUT2D eigenvalue weighted by molar-refractivity contribution is 0.246. The highest BCUT2D eigenvalue weighted by molar-refractivity contribution is 7.91. The minimum absolute atomic E-state index is 0.00583. The van der Waals surface area contributed by atoms with Gasteiger partial charge in [-0.15, -0.1) is 0 Å². The summed E-state index contributed by atoms with van der Waals surface area (Å²) in [5.41, 5.74) is 0.915. The van der Waals surface area contributed by atoms with Crippen LogP contribution in [0.3, 0.4) is 0 Å². The lowest BCUT2D eigenvalue weighted by atomic mass is 9.99. The molecule has 1 aromatic carbocycles. The predicted molar refractivity (Wildman–Crippen MR) is 79.5 cm³/mol. The second-order valence-corrected chi connectivity index (χ2v) is 8.33. The first-order valence-corrected chi connectivity index (χ1v) is 9.10. The average molecular weight is 336 g/mol. The number of ether oxygens (including phenoxy) is 1. The van der Waals surface area contributed by atoms with Crippen molar-refractivity contribution >= 4 is 33.0 Å². The van der Waals surface area contributed by atoms with Crippen molar-refractivity contribution in [3.8, 4) is 5.75 Å². The highest BCUT2D eigenvalue weighted by Crippen LogP contribution is 2.40. The molecule has 0 spiro atoms. The normalized spacial score (nSPS) is 27.9. The van der Waals surface area contributed by atoms with Crippen LogP contribution in [0.1, 0.15) is 24.4 Å². The summed E-state index contributed by atoms with van der Waals surface area (Å²) in [6.45, 7) is 0.561. The van der Waals surface area contributed by atoms with Crippen LogP contribution in [0.2, 0.25) is 10.0 Å². The van der Waals surface area contributed by atoms with E-state index in [2.05, 4.69) is 5.32 Å². The summed E-state index contributed by atoms with van der Waals surface area (Å²) in [5, 5.41) is 4.47. The van der Waals surface area contributed by atoms with Gasteiger partial charge in [-0.2, -0.15) is 0 Å². The minimum atomic E-state index is -2.89. The lowest BCUT2D eigenvalue weighted by Gasteiger charge is -2.29. The van der Waals surface area contributed by atoms with Gasteiger partial charge in [0.05, 0.1) is 23.1 Å². The van der Waals surface area contributed by atoms with Crippen LogP contribution in [0.4, 0.5) is 0 Å². The molecular formula is C13H15Cl2NO3S. The van der Waals surface area contributed by atoms with Crippen LogP contribution in [0.5, 0.6) is 5.75 Å². The van der Waals surface area contributed by atoms with E-state index in [1.54, 1.807) is 6.07 Å². The Morgan fingerprint density at radius 1 is 1.25 bits per heavy atom. The number of halogens is 2. The number of fused-ring (bicyclic) bond motifs is 1. The maximum absolute atomic E-state index is 11.5. The molecule has 1 N–H and O–H groups in total. The fourth-order valence-electron chi connectivity index (χ4n) is 2.81. The number of hydrogen-bond donors (Lipinski definition) is 1. The monoisotopic (exact) mass is 335 g/mol. The van der Waals surface area contributed by atoms with E-state index in [1.807, 2.05) is 6.07 Å². The molecule has 4 nitrogen and oxygen atoms in total. The Bertz CT molecular complexity index is 633. The fourth-order valence-corrected chi connectivity index (χ4v) is 5.06. The maximum atomic E-state index is 11.5. The van der Waals surface area contributed by atoms with E-state index in [9.17, 15) is 8.42 Å².